The average Bonchev–Trinajstić information content (AvgIpc) is 2.64. The molecule has 2 N–H and O–H groups in total. The Morgan fingerprint density at radius 1 is 0.923 bits per heavy atom. The normalized spacial score (nSPS) is 10.3. The molecule has 0 heterocycles. The van der Waals surface area contributed by atoms with Gasteiger partial charge in [0.2, 0.25) is 0 Å². The summed E-state index contributed by atoms with van der Waals surface area (Å²) in [5.41, 5.74) is 5.56. The van der Waals surface area contributed by atoms with E-state index < -0.39 is 11.8 Å². The minimum absolute atomic E-state index is 0.206. The standard InChI is InChI=1S/C19H21ClN2O4/c1-13(2)16-5-3-4-6-17(16)26-12-19(24)22-21-18(23)11-25-15-9-7-14(20)8-10-15/h3-10,13H,11-12H2,1-2H3,(H,21,23)(H,22,24). The van der Waals surface area contributed by atoms with Gasteiger partial charge in [0.25, 0.3) is 11.8 Å². The second kappa shape index (κ2) is 9.68. The quantitative estimate of drug-likeness (QED) is 0.728. The van der Waals surface area contributed by atoms with E-state index in [1.807, 2.05) is 32.0 Å². The van der Waals surface area contributed by atoms with Crippen molar-refractivity contribution in [3.63, 3.8) is 0 Å². The lowest BCUT2D eigenvalue weighted by Gasteiger charge is -2.14. The Kier molecular flexibility index (Phi) is 7.29. The minimum atomic E-state index is -0.490. The SMILES string of the molecule is CC(C)c1ccccc1OCC(=O)NNC(=O)COc1ccc(Cl)cc1. The molecular formula is C19H21ClN2O4. The van der Waals surface area contributed by atoms with Crippen molar-refractivity contribution in [2.75, 3.05) is 13.2 Å². The molecule has 0 aliphatic carbocycles. The predicted molar refractivity (Wildman–Crippen MR) is 99.3 cm³/mol. The molecule has 2 aromatic carbocycles. The number of rotatable bonds is 7. The van der Waals surface area contributed by atoms with E-state index in [1.54, 1.807) is 30.3 Å². The van der Waals surface area contributed by atoms with E-state index in [1.165, 1.54) is 0 Å². The van der Waals surface area contributed by atoms with Crippen LogP contribution in [0.15, 0.2) is 48.5 Å². The Morgan fingerprint density at radius 2 is 1.50 bits per heavy atom. The van der Waals surface area contributed by atoms with Crippen LogP contribution >= 0.6 is 11.6 Å². The summed E-state index contributed by atoms with van der Waals surface area (Å²) in [5, 5.41) is 0.577. The third-order valence-electron chi connectivity index (χ3n) is 3.42. The number of carbonyl (C=O) groups excluding carboxylic acids is 2. The molecule has 0 fully saturated rings. The van der Waals surface area contributed by atoms with Crippen molar-refractivity contribution in [1.29, 1.82) is 0 Å². The molecule has 0 unspecified atom stereocenters. The van der Waals surface area contributed by atoms with Crippen LogP contribution in [0.2, 0.25) is 5.02 Å². The zero-order valence-electron chi connectivity index (χ0n) is 14.6. The van der Waals surface area contributed by atoms with E-state index in [9.17, 15) is 9.59 Å². The van der Waals surface area contributed by atoms with Crippen molar-refractivity contribution in [2.45, 2.75) is 19.8 Å². The number of carbonyl (C=O) groups is 2. The van der Waals surface area contributed by atoms with Crippen LogP contribution in [-0.2, 0) is 9.59 Å². The van der Waals surface area contributed by atoms with Crippen LogP contribution in [0.1, 0.15) is 25.3 Å². The molecule has 0 aliphatic rings. The molecule has 26 heavy (non-hydrogen) atoms. The number of nitrogens with one attached hydrogen (secondary N) is 2. The minimum Gasteiger partial charge on any atom is -0.484 e. The van der Waals surface area contributed by atoms with E-state index in [0.717, 1.165) is 5.56 Å². The highest BCUT2D eigenvalue weighted by molar-refractivity contribution is 6.30. The number of hydrogen-bond acceptors (Lipinski definition) is 4. The largest absolute Gasteiger partial charge is 0.484 e. The predicted octanol–water partition coefficient (Wildman–Crippen LogP) is 3.07. The number of para-hydroxylation sites is 1. The summed E-state index contributed by atoms with van der Waals surface area (Å²) in [6.45, 7) is 3.65. The van der Waals surface area contributed by atoms with Crippen LogP contribution < -0.4 is 20.3 Å². The number of hydrogen-bond donors (Lipinski definition) is 2. The van der Waals surface area contributed by atoms with Crippen LogP contribution in [0.4, 0.5) is 0 Å². The second-order valence-corrected chi connectivity index (χ2v) is 6.26. The lowest BCUT2D eigenvalue weighted by molar-refractivity contribution is -0.131. The van der Waals surface area contributed by atoms with Gasteiger partial charge in [-0.1, -0.05) is 43.6 Å². The summed E-state index contributed by atoms with van der Waals surface area (Å²) in [6.07, 6.45) is 0. The maximum Gasteiger partial charge on any atom is 0.276 e. The molecule has 0 aromatic heterocycles. The molecule has 0 saturated heterocycles. The summed E-state index contributed by atoms with van der Waals surface area (Å²) in [7, 11) is 0. The fraction of sp³-hybridized carbons (Fsp3) is 0.263. The van der Waals surface area contributed by atoms with Gasteiger partial charge in [0.1, 0.15) is 11.5 Å². The van der Waals surface area contributed by atoms with Gasteiger partial charge in [0.15, 0.2) is 13.2 Å². The molecule has 2 rings (SSSR count). The average molecular weight is 377 g/mol. The highest BCUT2D eigenvalue weighted by Gasteiger charge is 2.10. The zero-order chi connectivity index (χ0) is 18.9. The molecule has 0 saturated carbocycles. The Bertz CT molecular complexity index is 747. The van der Waals surface area contributed by atoms with Crippen LogP contribution in [0.25, 0.3) is 0 Å². The van der Waals surface area contributed by atoms with Crippen LogP contribution in [0, 0.1) is 0 Å². The van der Waals surface area contributed by atoms with Gasteiger partial charge in [-0.05, 0) is 41.8 Å². The molecule has 0 aliphatic heterocycles. The van der Waals surface area contributed by atoms with E-state index in [-0.39, 0.29) is 19.1 Å². The van der Waals surface area contributed by atoms with Gasteiger partial charge in [-0.2, -0.15) is 0 Å². The van der Waals surface area contributed by atoms with E-state index >= 15 is 0 Å². The first-order chi connectivity index (χ1) is 12.5. The molecule has 7 heteroatoms. The van der Waals surface area contributed by atoms with E-state index in [4.69, 9.17) is 21.1 Å². The highest BCUT2D eigenvalue weighted by atomic mass is 35.5. The summed E-state index contributed by atoms with van der Waals surface area (Å²) in [6, 6.07) is 14.1. The van der Waals surface area contributed by atoms with Crippen molar-refractivity contribution in [3.05, 3.63) is 59.1 Å². The first-order valence-corrected chi connectivity index (χ1v) is 8.51. The van der Waals surface area contributed by atoms with Crippen LogP contribution in [-0.4, -0.2) is 25.0 Å². The third-order valence-corrected chi connectivity index (χ3v) is 3.68. The second-order valence-electron chi connectivity index (χ2n) is 5.82. The molecule has 6 nitrogen and oxygen atoms in total. The number of ether oxygens (including phenoxy) is 2. The Morgan fingerprint density at radius 3 is 2.12 bits per heavy atom. The van der Waals surface area contributed by atoms with Crippen molar-refractivity contribution in [1.82, 2.24) is 10.9 Å². The Labute approximate surface area is 157 Å². The summed E-state index contributed by atoms with van der Waals surface area (Å²) >= 11 is 5.77. The fourth-order valence-corrected chi connectivity index (χ4v) is 2.25. The number of benzene rings is 2. The van der Waals surface area contributed by atoms with Crippen LogP contribution in [0.3, 0.4) is 0 Å². The fourth-order valence-electron chi connectivity index (χ4n) is 2.12. The first kappa shape index (κ1) is 19.6. The van der Waals surface area contributed by atoms with Crippen molar-refractivity contribution in [3.8, 4) is 11.5 Å². The van der Waals surface area contributed by atoms with Gasteiger partial charge in [-0.25, -0.2) is 0 Å². The lowest BCUT2D eigenvalue weighted by Crippen LogP contribution is -2.45. The summed E-state index contributed by atoms with van der Waals surface area (Å²) < 4.78 is 10.8. The van der Waals surface area contributed by atoms with Crippen molar-refractivity contribution >= 4 is 23.4 Å². The van der Waals surface area contributed by atoms with Gasteiger partial charge < -0.3 is 9.47 Å². The van der Waals surface area contributed by atoms with Gasteiger partial charge in [-0.3, -0.25) is 20.4 Å². The lowest BCUT2D eigenvalue weighted by atomic mass is 10.0. The molecule has 0 atom stereocenters. The van der Waals surface area contributed by atoms with Crippen molar-refractivity contribution in [2.24, 2.45) is 0 Å². The molecular weight excluding hydrogens is 356 g/mol. The molecule has 0 radical (unpaired) electrons. The smallest absolute Gasteiger partial charge is 0.276 e. The molecule has 138 valence electrons. The number of amides is 2. The van der Waals surface area contributed by atoms with E-state index in [2.05, 4.69) is 10.9 Å². The van der Waals surface area contributed by atoms with E-state index in [0.29, 0.717) is 16.5 Å². The van der Waals surface area contributed by atoms with Crippen molar-refractivity contribution < 1.29 is 19.1 Å². The molecule has 0 bridgehead atoms. The maximum absolute atomic E-state index is 11.8. The Hall–Kier alpha value is -2.73. The number of halogens is 1. The van der Waals surface area contributed by atoms with Gasteiger partial charge in [0, 0.05) is 5.02 Å². The van der Waals surface area contributed by atoms with Crippen LogP contribution in [0.5, 0.6) is 11.5 Å². The Balaban J connectivity index is 1.71. The molecule has 0 spiro atoms. The highest BCUT2D eigenvalue weighted by Crippen LogP contribution is 2.25. The topological polar surface area (TPSA) is 76.7 Å². The summed E-state index contributed by atoms with van der Waals surface area (Å²) in [4.78, 5) is 23.5. The maximum atomic E-state index is 11.8. The first-order valence-electron chi connectivity index (χ1n) is 8.13. The third kappa shape index (κ3) is 6.29. The monoisotopic (exact) mass is 376 g/mol. The zero-order valence-corrected chi connectivity index (χ0v) is 15.4. The summed E-state index contributed by atoms with van der Waals surface area (Å²) in [5.74, 6) is 0.470. The number of hydrazine groups is 1. The molecule has 2 amide bonds. The van der Waals surface area contributed by atoms with Gasteiger partial charge in [-0.15, -0.1) is 0 Å². The van der Waals surface area contributed by atoms with Gasteiger partial charge >= 0.3 is 0 Å². The molecule has 2 aromatic rings. The van der Waals surface area contributed by atoms with Gasteiger partial charge in [0.05, 0.1) is 0 Å².